The maximum absolute atomic E-state index is 12.1. The second-order valence-corrected chi connectivity index (χ2v) is 7.32. The Kier molecular flexibility index (Phi) is 7.96. The number of carbonyl (C=O) groups excluding carboxylic acids is 3. The zero-order valence-corrected chi connectivity index (χ0v) is 18.1. The fourth-order valence-electron chi connectivity index (χ4n) is 2.49. The van der Waals surface area contributed by atoms with E-state index in [1.807, 2.05) is 0 Å². The van der Waals surface area contributed by atoms with Crippen LogP contribution in [-0.2, 0) is 4.79 Å². The second-order valence-electron chi connectivity index (χ2n) is 6.45. The van der Waals surface area contributed by atoms with Crippen LogP contribution in [0.25, 0.3) is 0 Å². The normalized spacial score (nSPS) is 10.6. The van der Waals surface area contributed by atoms with E-state index in [0.717, 1.165) is 0 Å². The van der Waals surface area contributed by atoms with Gasteiger partial charge in [-0.2, -0.15) is 5.10 Å². The Morgan fingerprint density at radius 2 is 1.59 bits per heavy atom. The maximum atomic E-state index is 12.1. The summed E-state index contributed by atoms with van der Waals surface area (Å²) in [4.78, 5) is 35.9. The van der Waals surface area contributed by atoms with E-state index in [-0.39, 0.29) is 6.54 Å². The molecule has 2 N–H and O–H groups in total. The predicted molar refractivity (Wildman–Crippen MR) is 122 cm³/mol. The third-order valence-electron chi connectivity index (χ3n) is 4.07. The second kappa shape index (κ2) is 11.1. The van der Waals surface area contributed by atoms with Crippen LogP contribution in [0.15, 0.2) is 77.9 Å². The van der Waals surface area contributed by atoms with Gasteiger partial charge in [0.1, 0.15) is 5.75 Å². The molecule has 0 atom stereocenters. The van der Waals surface area contributed by atoms with Gasteiger partial charge in [0.2, 0.25) is 0 Å². The van der Waals surface area contributed by atoms with Crippen LogP contribution in [0.1, 0.15) is 26.3 Å². The van der Waals surface area contributed by atoms with Crippen molar-refractivity contribution in [2.45, 2.75) is 0 Å². The van der Waals surface area contributed by atoms with E-state index in [9.17, 15) is 14.4 Å². The average Bonchev–Trinajstić information content (AvgIpc) is 2.79. The van der Waals surface area contributed by atoms with Crippen molar-refractivity contribution in [3.63, 3.8) is 0 Å². The Balaban J connectivity index is 1.45. The molecule has 0 heterocycles. The number of carbonyl (C=O) groups is 3. The summed E-state index contributed by atoms with van der Waals surface area (Å²) in [6.07, 6.45) is 1.42. The summed E-state index contributed by atoms with van der Waals surface area (Å²) < 4.78 is 5.29. The van der Waals surface area contributed by atoms with Crippen molar-refractivity contribution in [1.29, 1.82) is 0 Å². The molecule has 0 radical (unpaired) electrons. The van der Waals surface area contributed by atoms with Gasteiger partial charge in [0, 0.05) is 15.6 Å². The number of halogens is 2. The van der Waals surface area contributed by atoms with Crippen molar-refractivity contribution in [2.24, 2.45) is 5.10 Å². The van der Waals surface area contributed by atoms with Gasteiger partial charge in [0.25, 0.3) is 11.8 Å². The van der Waals surface area contributed by atoms with Crippen LogP contribution in [-0.4, -0.2) is 30.5 Å². The Bertz CT molecular complexity index is 1150. The van der Waals surface area contributed by atoms with E-state index >= 15 is 0 Å². The first-order valence-electron chi connectivity index (χ1n) is 9.34. The summed E-state index contributed by atoms with van der Waals surface area (Å²) in [6, 6.07) is 19.3. The summed E-state index contributed by atoms with van der Waals surface area (Å²) in [5.74, 6) is -1.07. The fraction of sp³-hybridized carbons (Fsp3) is 0.0435. The summed E-state index contributed by atoms with van der Waals surface area (Å²) in [5.41, 5.74) is 3.71. The molecule has 3 aromatic rings. The minimum absolute atomic E-state index is 0.239. The highest BCUT2D eigenvalue weighted by molar-refractivity contribution is 6.31. The molecule has 0 fully saturated rings. The van der Waals surface area contributed by atoms with E-state index in [1.54, 1.807) is 66.7 Å². The standard InChI is InChI=1S/C23H17Cl2N3O4/c24-18-8-6-16(7-9-18)22(30)26-14-21(29)28-27-13-15-4-10-20(11-5-15)32-23(31)17-2-1-3-19(25)12-17/h1-13H,14H2,(H,26,30)(H,28,29)/b27-13+. The third kappa shape index (κ3) is 6.94. The monoisotopic (exact) mass is 469 g/mol. The lowest BCUT2D eigenvalue weighted by Gasteiger charge is -2.05. The first kappa shape index (κ1) is 23.0. The molecule has 0 unspecified atom stereocenters. The van der Waals surface area contributed by atoms with Gasteiger partial charge in [-0.25, -0.2) is 10.2 Å². The summed E-state index contributed by atoms with van der Waals surface area (Å²) in [7, 11) is 0. The molecule has 0 bridgehead atoms. The Morgan fingerprint density at radius 1 is 0.875 bits per heavy atom. The Hall–Kier alpha value is -3.68. The van der Waals surface area contributed by atoms with Crippen molar-refractivity contribution < 1.29 is 19.1 Å². The molecule has 0 aliphatic heterocycles. The third-order valence-corrected chi connectivity index (χ3v) is 4.56. The molecule has 9 heteroatoms. The van der Waals surface area contributed by atoms with Crippen LogP contribution < -0.4 is 15.5 Å². The van der Waals surface area contributed by atoms with Crippen LogP contribution in [0, 0.1) is 0 Å². The number of nitrogens with one attached hydrogen (secondary N) is 2. The number of hydrogen-bond donors (Lipinski definition) is 2. The molecular weight excluding hydrogens is 453 g/mol. The number of rotatable bonds is 7. The van der Waals surface area contributed by atoms with Gasteiger partial charge >= 0.3 is 5.97 Å². The zero-order chi connectivity index (χ0) is 22.9. The van der Waals surface area contributed by atoms with E-state index in [4.69, 9.17) is 27.9 Å². The molecule has 3 aromatic carbocycles. The van der Waals surface area contributed by atoms with Crippen molar-refractivity contribution in [3.8, 4) is 5.75 Å². The lowest BCUT2D eigenvalue weighted by molar-refractivity contribution is -0.120. The molecule has 162 valence electrons. The first-order valence-corrected chi connectivity index (χ1v) is 10.1. The SMILES string of the molecule is O=C(CNC(=O)c1ccc(Cl)cc1)N/N=C/c1ccc(OC(=O)c2cccc(Cl)c2)cc1. The van der Waals surface area contributed by atoms with Gasteiger partial charge in [-0.05, 0) is 72.3 Å². The molecule has 32 heavy (non-hydrogen) atoms. The minimum Gasteiger partial charge on any atom is -0.423 e. The molecule has 3 rings (SSSR count). The fourth-order valence-corrected chi connectivity index (χ4v) is 2.80. The molecule has 0 saturated carbocycles. The number of hydrogen-bond acceptors (Lipinski definition) is 5. The molecule has 0 aromatic heterocycles. The van der Waals surface area contributed by atoms with Gasteiger partial charge in [-0.1, -0.05) is 29.3 Å². The molecule has 0 aliphatic rings. The van der Waals surface area contributed by atoms with Crippen molar-refractivity contribution in [3.05, 3.63) is 99.5 Å². The Morgan fingerprint density at radius 3 is 2.28 bits per heavy atom. The smallest absolute Gasteiger partial charge is 0.343 e. The van der Waals surface area contributed by atoms with Gasteiger partial charge in [0.05, 0.1) is 18.3 Å². The number of amides is 2. The van der Waals surface area contributed by atoms with E-state index < -0.39 is 17.8 Å². The lowest BCUT2D eigenvalue weighted by Crippen LogP contribution is -2.34. The van der Waals surface area contributed by atoms with Crippen molar-refractivity contribution >= 4 is 47.2 Å². The van der Waals surface area contributed by atoms with Gasteiger partial charge in [-0.15, -0.1) is 0 Å². The molecule has 7 nitrogen and oxygen atoms in total. The van der Waals surface area contributed by atoms with Crippen molar-refractivity contribution in [2.75, 3.05) is 6.54 Å². The number of nitrogens with zero attached hydrogens (tertiary/aromatic N) is 1. The number of ether oxygens (including phenoxy) is 1. The van der Waals surface area contributed by atoms with Gasteiger partial charge in [-0.3, -0.25) is 9.59 Å². The van der Waals surface area contributed by atoms with Crippen LogP contribution in [0.2, 0.25) is 10.0 Å². The largest absolute Gasteiger partial charge is 0.423 e. The minimum atomic E-state index is -0.526. The highest BCUT2D eigenvalue weighted by atomic mass is 35.5. The highest BCUT2D eigenvalue weighted by Gasteiger charge is 2.09. The van der Waals surface area contributed by atoms with E-state index in [1.165, 1.54) is 12.3 Å². The van der Waals surface area contributed by atoms with Gasteiger partial charge < -0.3 is 10.1 Å². The topological polar surface area (TPSA) is 96.9 Å². The summed E-state index contributed by atoms with van der Waals surface area (Å²) in [5, 5.41) is 7.28. The van der Waals surface area contributed by atoms with E-state index in [0.29, 0.717) is 32.5 Å². The van der Waals surface area contributed by atoms with Crippen LogP contribution in [0.5, 0.6) is 5.75 Å². The highest BCUT2D eigenvalue weighted by Crippen LogP contribution is 2.16. The molecular formula is C23H17Cl2N3O4. The average molecular weight is 470 g/mol. The Labute approximate surface area is 194 Å². The zero-order valence-electron chi connectivity index (χ0n) is 16.5. The predicted octanol–water partition coefficient (Wildman–Crippen LogP) is 4.09. The molecule has 0 aliphatic carbocycles. The first-order chi connectivity index (χ1) is 15.4. The number of hydrazone groups is 1. The van der Waals surface area contributed by atoms with Crippen LogP contribution in [0.4, 0.5) is 0 Å². The molecule has 0 saturated heterocycles. The number of esters is 1. The van der Waals surface area contributed by atoms with E-state index in [2.05, 4.69) is 15.8 Å². The van der Waals surface area contributed by atoms with Crippen LogP contribution >= 0.6 is 23.2 Å². The maximum Gasteiger partial charge on any atom is 0.343 e. The van der Waals surface area contributed by atoms with Gasteiger partial charge in [0.15, 0.2) is 0 Å². The molecule has 2 amide bonds. The number of benzene rings is 3. The summed E-state index contributed by atoms with van der Waals surface area (Å²) in [6.45, 7) is -0.239. The summed E-state index contributed by atoms with van der Waals surface area (Å²) >= 11 is 11.6. The van der Waals surface area contributed by atoms with Crippen LogP contribution in [0.3, 0.4) is 0 Å². The molecule has 0 spiro atoms. The lowest BCUT2D eigenvalue weighted by atomic mass is 10.2. The quantitative estimate of drug-likeness (QED) is 0.235. The van der Waals surface area contributed by atoms with Crippen molar-refractivity contribution in [1.82, 2.24) is 10.7 Å².